The molecule has 1 heterocycles. The van der Waals surface area contributed by atoms with Crippen LogP contribution in [0.2, 0.25) is 0 Å². The Morgan fingerprint density at radius 1 is 1.30 bits per heavy atom. The Bertz CT molecular complexity index is 459. The highest BCUT2D eigenvalue weighted by Crippen LogP contribution is 2.18. The van der Waals surface area contributed by atoms with E-state index in [1.807, 2.05) is 52.8 Å². The van der Waals surface area contributed by atoms with E-state index in [1.54, 1.807) is 0 Å². The average Bonchev–Trinajstić information content (AvgIpc) is 2.36. The summed E-state index contributed by atoms with van der Waals surface area (Å²) in [7, 11) is 3.67. The lowest BCUT2D eigenvalue weighted by molar-refractivity contribution is -0.120. The van der Waals surface area contributed by atoms with Crippen molar-refractivity contribution in [3.05, 3.63) is 11.9 Å². The van der Waals surface area contributed by atoms with Gasteiger partial charge >= 0.3 is 0 Å². The Hall–Kier alpha value is -1.85. The molecule has 0 bridgehead atoms. The molecule has 6 heteroatoms. The number of aromatic nitrogens is 2. The van der Waals surface area contributed by atoms with Crippen LogP contribution in [0, 0.1) is 0 Å². The fraction of sp³-hybridized carbons (Fsp3) is 0.643. The van der Waals surface area contributed by atoms with Crippen LogP contribution in [0.15, 0.2) is 6.07 Å². The molecule has 0 aliphatic rings. The molecule has 0 spiro atoms. The molecule has 0 fully saturated rings. The molecule has 1 amide bonds. The van der Waals surface area contributed by atoms with E-state index >= 15 is 0 Å². The summed E-state index contributed by atoms with van der Waals surface area (Å²) in [6.45, 7) is 8.25. The number of carbonyl (C=O) groups excluding carboxylic acids is 1. The molecule has 0 saturated heterocycles. The zero-order valence-electron chi connectivity index (χ0n) is 13.2. The van der Waals surface area contributed by atoms with Crippen LogP contribution in [0.5, 0.6) is 0 Å². The zero-order valence-corrected chi connectivity index (χ0v) is 13.2. The third kappa shape index (κ3) is 4.68. The number of carbonyl (C=O) groups is 1. The first kappa shape index (κ1) is 16.2. The molecular formula is C14H25N5O. The Morgan fingerprint density at radius 3 is 2.45 bits per heavy atom. The first-order chi connectivity index (χ1) is 9.33. The summed E-state index contributed by atoms with van der Waals surface area (Å²) in [6, 6.07) is 1.98. The zero-order chi connectivity index (χ0) is 15.3. The third-order valence-electron chi connectivity index (χ3n) is 2.72. The van der Waals surface area contributed by atoms with Gasteiger partial charge in [0.25, 0.3) is 0 Å². The number of hydrogen-bond donors (Lipinski definition) is 2. The monoisotopic (exact) mass is 279 g/mol. The molecule has 0 saturated carbocycles. The number of nitrogens with one attached hydrogen (secondary N) is 2. The number of rotatable bonds is 6. The highest BCUT2D eigenvalue weighted by atomic mass is 16.2. The summed E-state index contributed by atoms with van der Waals surface area (Å²) in [4.78, 5) is 22.5. The minimum absolute atomic E-state index is 0.0155. The third-order valence-corrected chi connectivity index (χ3v) is 2.72. The molecule has 20 heavy (non-hydrogen) atoms. The largest absolute Gasteiger partial charge is 0.373 e. The van der Waals surface area contributed by atoms with Gasteiger partial charge in [-0.15, -0.1) is 0 Å². The van der Waals surface area contributed by atoms with E-state index in [0.29, 0.717) is 0 Å². The van der Waals surface area contributed by atoms with Crippen molar-refractivity contribution in [2.45, 2.75) is 39.7 Å². The van der Waals surface area contributed by atoms with Crippen molar-refractivity contribution in [3.8, 4) is 0 Å². The Kier molecular flexibility index (Phi) is 5.73. The number of hydrogen-bond acceptors (Lipinski definition) is 5. The maximum absolute atomic E-state index is 11.8. The predicted octanol–water partition coefficient (Wildman–Crippen LogP) is 1.60. The van der Waals surface area contributed by atoms with Gasteiger partial charge in [-0.1, -0.05) is 13.8 Å². The molecule has 0 unspecified atom stereocenters. The smallest absolute Gasteiger partial charge is 0.239 e. The Morgan fingerprint density at radius 2 is 1.95 bits per heavy atom. The molecular weight excluding hydrogens is 254 g/mol. The molecule has 0 aliphatic carbocycles. The van der Waals surface area contributed by atoms with E-state index in [0.717, 1.165) is 17.5 Å². The summed E-state index contributed by atoms with van der Waals surface area (Å²) in [5, 5.41) is 5.89. The van der Waals surface area contributed by atoms with Crippen molar-refractivity contribution < 1.29 is 4.79 Å². The standard InChI is InChI=1S/C14H25N5O/c1-9(2)14-17-11(15-5)7-12(18-14)19(6)8-13(20)16-10(3)4/h7,9-10H,8H2,1-6H3,(H,16,20)(H,15,17,18). The molecule has 2 N–H and O–H groups in total. The van der Waals surface area contributed by atoms with Gasteiger partial charge in [0.15, 0.2) is 0 Å². The van der Waals surface area contributed by atoms with Crippen LogP contribution < -0.4 is 15.5 Å². The van der Waals surface area contributed by atoms with Crippen molar-refractivity contribution in [2.75, 3.05) is 30.9 Å². The molecule has 1 rings (SSSR count). The van der Waals surface area contributed by atoms with Gasteiger partial charge in [0.2, 0.25) is 5.91 Å². The highest BCUT2D eigenvalue weighted by molar-refractivity contribution is 5.81. The van der Waals surface area contributed by atoms with E-state index in [4.69, 9.17) is 0 Å². The first-order valence-electron chi connectivity index (χ1n) is 6.90. The quantitative estimate of drug-likeness (QED) is 0.828. The van der Waals surface area contributed by atoms with Gasteiger partial charge in [-0.25, -0.2) is 9.97 Å². The van der Waals surface area contributed by atoms with Gasteiger partial charge in [0.1, 0.15) is 17.5 Å². The summed E-state index contributed by atoms with van der Waals surface area (Å²) in [5.41, 5.74) is 0. The SMILES string of the molecule is CNc1cc(N(C)CC(=O)NC(C)C)nc(C(C)C)n1. The molecule has 1 aromatic heterocycles. The van der Waals surface area contributed by atoms with Crippen LogP contribution in [0.25, 0.3) is 0 Å². The Balaban J connectivity index is 2.88. The predicted molar refractivity (Wildman–Crippen MR) is 82.2 cm³/mol. The number of nitrogens with zero attached hydrogens (tertiary/aromatic N) is 3. The van der Waals surface area contributed by atoms with Crippen LogP contribution in [-0.4, -0.2) is 42.6 Å². The van der Waals surface area contributed by atoms with Crippen molar-refractivity contribution in [3.63, 3.8) is 0 Å². The number of anilines is 2. The lowest BCUT2D eigenvalue weighted by atomic mass is 10.2. The second kappa shape index (κ2) is 7.07. The molecule has 0 aliphatic heterocycles. The van der Waals surface area contributed by atoms with E-state index in [2.05, 4.69) is 20.6 Å². The lowest BCUT2D eigenvalue weighted by Gasteiger charge is -2.20. The van der Waals surface area contributed by atoms with E-state index < -0.39 is 0 Å². The van der Waals surface area contributed by atoms with Crippen LogP contribution in [0.1, 0.15) is 39.4 Å². The minimum Gasteiger partial charge on any atom is -0.373 e. The second-order valence-corrected chi connectivity index (χ2v) is 5.45. The van der Waals surface area contributed by atoms with Gasteiger partial charge in [-0.05, 0) is 13.8 Å². The average molecular weight is 279 g/mol. The molecule has 6 nitrogen and oxygen atoms in total. The summed E-state index contributed by atoms with van der Waals surface area (Å²) >= 11 is 0. The molecule has 0 aromatic carbocycles. The van der Waals surface area contributed by atoms with Crippen molar-refractivity contribution in [2.24, 2.45) is 0 Å². The van der Waals surface area contributed by atoms with Crippen LogP contribution in [-0.2, 0) is 4.79 Å². The summed E-state index contributed by atoms with van der Waals surface area (Å²) in [6.07, 6.45) is 0. The number of amides is 1. The minimum atomic E-state index is -0.0155. The van der Waals surface area contributed by atoms with Gasteiger partial charge in [-0.2, -0.15) is 0 Å². The molecule has 0 atom stereocenters. The summed E-state index contributed by atoms with van der Waals surface area (Å²) in [5.74, 6) is 2.49. The van der Waals surface area contributed by atoms with Crippen molar-refractivity contribution in [1.29, 1.82) is 0 Å². The second-order valence-electron chi connectivity index (χ2n) is 5.45. The van der Waals surface area contributed by atoms with E-state index in [-0.39, 0.29) is 24.4 Å². The van der Waals surface area contributed by atoms with E-state index in [1.165, 1.54) is 0 Å². The maximum Gasteiger partial charge on any atom is 0.239 e. The lowest BCUT2D eigenvalue weighted by Crippen LogP contribution is -2.39. The van der Waals surface area contributed by atoms with Crippen LogP contribution in [0.4, 0.5) is 11.6 Å². The topological polar surface area (TPSA) is 70.2 Å². The highest BCUT2D eigenvalue weighted by Gasteiger charge is 2.13. The van der Waals surface area contributed by atoms with Crippen molar-refractivity contribution >= 4 is 17.5 Å². The van der Waals surface area contributed by atoms with E-state index in [9.17, 15) is 4.79 Å². The fourth-order valence-electron chi connectivity index (χ4n) is 1.70. The number of likely N-dealkylation sites (N-methyl/N-ethyl adjacent to an activating group) is 1. The molecule has 1 aromatic rings. The van der Waals surface area contributed by atoms with Crippen molar-refractivity contribution in [1.82, 2.24) is 15.3 Å². The summed E-state index contributed by atoms with van der Waals surface area (Å²) < 4.78 is 0. The first-order valence-corrected chi connectivity index (χ1v) is 6.90. The normalized spacial score (nSPS) is 10.8. The van der Waals surface area contributed by atoms with Gasteiger partial charge < -0.3 is 15.5 Å². The molecule has 0 radical (unpaired) electrons. The van der Waals surface area contributed by atoms with Gasteiger partial charge in [-0.3, -0.25) is 4.79 Å². The maximum atomic E-state index is 11.8. The molecule has 112 valence electrons. The van der Waals surface area contributed by atoms with Crippen LogP contribution in [0.3, 0.4) is 0 Å². The van der Waals surface area contributed by atoms with Gasteiger partial charge in [0, 0.05) is 32.1 Å². The fourth-order valence-corrected chi connectivity index (χ4v) is 1.70. The Labute approximate surface area is 121 Å². The van der Waals surface area contributed by atoms with Gasteiger partial charge in [0.05, 0.1) is 6.54 Å². The van der Waals surface area contributed by atoms with Crippen LogP contribution >= 0.6 is 0 Å².